The number of carbonyl (C=O) groups excluding carboxylic acids is 1. The highest BCUT2D eigenvalue weighted by molar-refractivity contribution is 5.80. The first-order chi connectivity index (χ1) is 4.09. The van der Waals surface area contributed by atoms with E-state index in [9.17, 15) is 9.18 Å². The Balaban J connectivity index is 3.87. The zero-order valence-electron chi connectivity index (χ0n) is 5.60. The standard InChI is InChI=1S/C6H10FNO/c1-4-8(3)6(9)5(2)7/h4-5H,1H2,2-3H3. The number of carbonyl (C=O) groups is 1. The Hall–Kier alpha value is -0.860. The second kappa shape index (κ2) is 3.22. The molecule has 9 heavy (non-hydrogen) atoms. The van der Waals surface area contributed by atoms with Crippen LogP contribution in [0.1, 0.15) is 6.92 Å². The van der Waals surface area contributed by atoms with Crippen molar-refractivity contribution in [1.82, 2.24) is 4.90 Å². The quantitative estimate of drug-likeness (QED) is 0.546. The molecule has 0 aromatic carbocycles. The van der Waals surface area contributed by atoms with E-state index < -0.39 is 12.1 Å². The summed E-state index contributed by atoms with van der Waals surface area (Å²) in [6, 6.07) is 0. The SMILES string of the molecule is C=CN(C)C(=O)C(C)F. The first-order valence-corrected chi connectivity index (χ1v) is 2.63. The summed E-state index contributed by atoms with van der Waals surface area (Å²) < 4.78 is 12.1. The Kier molecular flexibility index (Phi) is 2.91. The third-order valence-corrected chi connectivity index (χ3v) is 0.962. The number of halogens is 1. The molecule has 0 bridgehead atoms. The van der Waals surface area contributed by atoms with Crippen LogP contribution < -0.4 is 0 Å². The fourth-order valence-electron chi connectivity index (χ4n) is 0.371. The Morgan fingerprint density at radius 3 is 2.44 bits per heavy atom. The third-order valence-electron chi connectivity index (χ3n) is 0.962. The molecule has 0 aliphatic heterocycles. The molecular weight excluding hydrogens is 121 g/mol. The van der Waals surface area contributed by atoms with Gasteiger partial charge in [0.15, 0.2) is 6.17 Å². The van der Waals surface area contributed by atoms with Gasteiger partial charge >= 0.3 is 0 Å². The maximum atomic E-state index is 12.1. The van der Waals surface area contributed by atoms with Gasteiger partial charge in [-0.3, -0.25) is 4.79 Å². The van der Waals surface area contributed by atoms with Crippen molar-refractivity contribution in [3.8, 4) is 0 Å². The molecule has 52 valence electrons. The van der Waals surface area contributed by atoms with Crippen LogP contribution in [0.2, 0.25) is 0 Å². The predicted octanol–water partition coefficient (Wildman–Crippen LogP) is 0.946. The summed E-state index contributed by atoms with van der Waals surface area (Å²) in [5.41, 5.74) is 0. The Morgan fingerprint density at radius 1 is 1.89 bits per heavy atom. The Bertz CT molecular complexity index is 122. The molecule has 0 saturated heterocycles. The van der Waals surface area contributed by atoms with Crippen molar-refractivity contribution in [2.24, 2.45) is 0 Å². The molecule has 0 fully saturated rings. The number of rotatable bonds is 2. The van der Waals surface area contributed by atoms with Crippen LogP contribution in [0.5, 0.6) is 0 Å². The molecule has 0 aromatic rings. The Morgan fingerprint density at radius 2 is 2.33 bits per heavy atom. The van der Waals surface area contributed by atoms with Gasteiger partial charge in [-0.15, -0.1) is 0 Å². The van der Waals surface area contributed by atoms with Gasteiger partial charge in [0.2, 0.25) is 0 Å². The Labute approximate surface area is 54.0 Å². The summed E-state index contributed by atoms with van der Waals surface area (Å²) in [6.45, 7) is 4.50. The first kappa shape index (κ1) is 8.14. The van der Waals surface area contributed by atoms with E-state index in [1.54, 1.807) is 0 Å². The van der Waals surface area contributed by atoms with Crippen LogP contribution in [0.15, 0.2) is 12.8 Å². The molecule has 1 atom stereocenters. The molecule has 0 heterocycles. The minimum absolute atomic E-state index is 0.565. The van der Waals surface area contributed by atoms with Crippen LogP contribution in [-0.4, -0.2) is 24.0 Å². The lowest BCUT2D eigenvalue weighted by Crippen LogP contribution is -2.27. The van der Waals surface area contributed by atoms with Gasteiger partial charge in [-0.1, -0.05) is 6.58 Å². The van der Waals surface area contributed by atoms with Crippen molar-refractivity contribution in [3.05, 3.63) is 12.8 Å². The van der Waals surface area contributed by atoms with E-state index in [2.05, 4.69) is 6.58 Å². The van der Waals surface area contributed by atoms with Gasteiger partial charge in [0.25, 0.3) is 5.91 Å². The van der Waals surface area contributed by atoms with Gasteiger partial charge in [-0.05, 0) is 13.1 Å². The molecule has 0 aliphatic rings. The highest BCUT2D eigenvalue weighted by Gasteiger charge is 2.12. The topological polar surface area (TPSA) is 20.3 Å². The summed E-state index contributed by atoms with van der Waals surface area (Å²) in [4.78, 5) is 11.7. The summed E-state index contributed by atoms with van der Waals surface area (Å²) >= 11 is 0. The maximum Gasteiger partial charge on any atom is 0.260 e. The smallest absolute Gasteiger partial charge is 0.260 e. The zero-order chi connectivity index (χ0) is 7.44. The molecule has 0 aromatic heterocycles. The van der Waals surface area contributed by atoms with Crippen LogP contribution >= 0.6 is 0 Å². The molecule has 1 unspecified atom stereocenters. The van der Waals surface area contributed by atoms with Crippen molar-refractivity contribution in [1.29, 1.82) is 0 Å². The van der Waals surface area contributed by atoms with Gasteiger partial charge in [0.05, 0.1) is 0 Å². The number of hydrogen-bond donors (Lipinski definition) is 0. The van der Waals surface area contributed by atoms with Crippen LogP contribution in [0.25, 0.3) is 0 Å². The molecular formula is C6H10FNO. The average Bonchev–Trinajstić information content (AvgIpc) is 1.84. The summed E-state index contributed by atoms with van der Waals surface area (Å²) in [7, 11) is 1.46. The summed E-state index contributed by atoms with van der Waals surface area (Å²) in [6.07, 6.45) is -0.161. The third kappa shape index (κ3) is 2.26. The van der Waals surface area contributed by atoms with Crippen molar-refractivity contribution in [2.45, 2.75) is 13.1 Å². The number of alkyl halides is 1. The average molecular weight is 131 g/mol. The van der Waals surface area contributed by atoms with Crippen LogP contribution in [0.4, 0.5) is 4.39 Å². The van der Waals surface area contributed by atoms with Gasteiger partial charge in [-0.25, -0.2) is 4.39 Å². The van der Waals surface area contributed by atoms with Gasteiger partial charge in [0.1, 0.15) is 0 Å². The number of nitrogens with zero attached hydrogens (tertiary/aromatic N) is 1. The fraction of sp³-hybridized carbons (Fsp3) is 0.500. The number of amides is 1. The van der Waals surface area contributed by atoms with Gasteiger partial charge in [0, 0.05) is 7.05 Å². The van der Waals surface area contributed by atoms with Gasteiger partial charge < -0.3 is 4.90 Å². The van der Waals surface area contributed by atoms with Crippen LogP contribution in [0.3, 0.4) is 0 Å². The van der Waals surface area contributed by atoms with E-state index in [1.807, 2.05) is 0 Å². The minimum Gasteiger partial charge on any atom is -0.320 e. The lowest BCUT2D eigenvalue weighted by Gasteiger charge is -2.10. The normalized spacial score (nSPS) is 12.3. The lowest BCUT2D eigenvalue weighted by atomic mass is 10.4. The molecule has 0 spiro atoms. The van der Waals surface area contributed by atoms with Crippen molar-refractivity contribution in [2.75, 3.05) is 7.05 Å². The van der Waals surface area contributed by atoms with E-state index in [0.717, 1.165) is 4.90 Å². The molecule has 0 aliphatic carbocycles. The monoisotopic (exact) mass is 131 g/mol. The van der Waals surface area contributed by atoms with Crippen molar-refractivity contribution >= 4 is 5.91 Å². The molecule has 3 heteroatoms. The maximum absolute atomic E-state index is 12.1. The van der Waals surface area contributed by atoms with Crippen LogP contribution in [0, 0.1) is 0 Å². The summed E-state index contributed by atoms with van der Waals surface area (Å²) in [5.74, 6) is -0.565. The van der Waals surface area contributed by atoms with E-state index in [-0.39, 0.29) is 0 Å². The summed E-state index contributed by atoms with van der Waals surface area (Å²) in [5, 5.41) is 0. The zero-order valence-corrected chi connectivity index (χ0v) is 5.60. The largest absolute Gasteiger partial charge is 0.320 e. The van der Waals surface area contributed by atoms with E-state index in [0.29, 0.717) is 0 Å². The second-order valence-corrected chi connectivity index (χ2v) is 1.75. The predicted molar refractivity (Wildman–Crippen MR) is 33.5 cm³/mol. The van der Waals surface area contributed by atoms with E-state index in [4.69, 9.17) is 0 Å². The molecule has 0 N–H and O–H groups in total. The van der Waals surface area contributed by atoms with Crippen LogP contribution in [-0.2, 0) is 4.79 Å². The highest BCUT2D eigenvalue weighted by Crippen LogP contribution is 1.94. The molecule has 0 radical (unpaired) electrons. The van der Waals surface area contributed by atoms with E-state index >= 15 is 0 Å². The molecule has 0 rings (SSSR count). The molecule has 2 nitrogen and oxygen atoms in total. The van der Waals surface area contributed by atoms with Crippen molar-refractivity contribution < 1.29 is 9.18 Å². The minimum atomic E-state index is -1.44. The van der Waals surface area contributed by atoms with E-state index in [1.165, 1.54) is 20.2 Å². The molecule has 0 saturated carbocycles. The van der Waals surface area contributed by atoms with Crippen molar-refractivity contribution in [3.63, 3.8) is 0 Å². The second-order valence-electron chi connectivity index (χ2n) is 1.75. The number of hydrogen-bond acceptors (Lipinski definition) is 1. The highest BCUT2D eigenvalue weighted by atomic mass is 19.1. The molecule has 1 amide bonds. The lowest BCUT2D eigenvalue weighted by molar-refractivity contribution is -0.132. The fourth-order valence-corrected chi connectivity index (χ4v) is 0.371. The van der Waals surface area contributed by atoms with Gasteiger partial charge in [-0.2, -0.15) is 0 Å². The first-order valence-electron chi connectivity index (χ1n) is 2.63.